The maximum atomic E-state index is 13.2. The van der Waals surface area contributed by atoms with Crippen molar-refractivity contribution >= 4 is 43.8 Å². The number of benzene rings is 1. The van der Waals surface area contributed by atoms with Gasteiger partial charge in [-0.3, -0.25) is 4.79 Å². The van der Waals surface area contributed by atoms with Crippen molar-refractivity contribution in [2.75, 3.05) is 11.6 Å². The molecule has 1 saturated carbocycles. The minimum absolute atomic E-state index is 0.00430. The lowest BCUT2D eigenvalue weighted by Gasteiger charge is -2.21. The molecule has 0 bridgehead atoms. The van der Waals surface area contributed by atoms with Gasteiger partial charge in [-0.05, 0) is 49.3 Å². The van der Waals surface area contributed by atoms with Crippen LogP contribution in [0.4, 0.5) is 9.52 Å². The van der Waals surface area contributed by atoms with Crippen LogP contribution >= 0.6 is 22.9 Å². The molecule has 3 rings (SSSR count). The van der Waals surface area contributed by atoms with E-state index in [1.165, 1.54) is 12.1 Å². The average Bonchev–Trinajstić information content (AvgIpc) is 3.19. The first-order valence-electron chi connectivity index (χ1n) is 8.73. The summed E-state index contributed by atoms with van der Waals surface area (Å²) < 4.78 is 36.8. The van der Waals surface area contributed by atoms with Crippen molar-refractivity contribution in [2.24, 2.45) is 5.92 Å². The Morgan fingerprint density at radius 1 is 1.46 bits per heavy atom. The summed E-state index contributed by atoms with van der Waals surface area (Å²) in [7, 11) is -3.49. The lowest BCUT2D eigenvalue weighted by Crippen LogP contribution is -2.23. The molecule has 1 aromatic carbocycles. The summed E-state index contributed by atoms with van der Waals surface area (Å²) in [6.45, 7) is 0. The SMILES string of the molecule is CS(=O)(=O)c1ccc([C@@H](CC2CCC(O)C2)C(=O)Nc2ncc(F)s2)cc1Cl. The van der Waals surface area contributed by atoms with Crippen molar-refractivity contribution in [3.05, 3.63) is 40.1 Å². The molecule has 1 amide bonds. The maximum Gasteiger partial charge on any atom is 0.233 e. The molecule has 2 unspecified atom stereocenters. The van der Waals surface area contributed by atoms with Crippen LogP contribution in [0.3, 0.4) is 0 Å². The summed E-state index contributed by atoms with van der Waals surface area (Å²) in [5.74, 6) is -0.862. The van der Waals surface area contributed by atoms with Gasteiger partial charge in [0.1, 0.15) is 0 Å². The second kappa shape index (κ2) is 8.44. The lowest BCUT2D eigenvalue weighted by molar-refractivity contribution is -0.118. The van der Waals surface area contributed by atoms with Gasteiger partial charge in [0.2, 0.25) is 5.91 Å². The van der Waals surface area contributed by atoms with E-state index >= 15 is 0 Å². The van der Waals surface area contributed by atoms with Crippen molar-refractivity contribution in [1.82, 2.24) is 4.98 Å². The fraction of sp³-hybridized carbons (Fsp3) is 0.444. The van der Waals surface area contributed by atoms with Gasteiger partial charge in [-0.15, -0.1) is 0 Å². The molecule has 1 aromatic heterocycles. The molecule has 1 aliphatic carbocycles. The Morgan fingerprint density at radius 3 is 2.75 bits per heavy atom. The van der Waals surface area contributed by atoms with E-state index < -0.39 is 20.9 Å². The number of sulfone groups is 1. The minimum Gasteiger partial charge on any atom is -0.393 e. The first-order valence-corrected chi connectivity index (χ1v) is 11.8. The zero-order valence-electron chi connectivity index (χ0n) is 15.1. The number of aliphatic hydroxyl groups excluding tert-OH is 1. The first-order chi connectivity index (χ1) is 13.1. The molecule has 0 aliphatic heterocycles. The summed E-state index contributed by atoms with van der Waals surface area (Å²) in [5.41, 5.74) is 0.563. The highest BCUT2D eigenvalue weighted by Crippen LogP contribution is 2.37. The fourth-order valence-corrected chi connectivity index (χ4v) is 5.41. The third-order valence-corrected chi connectivity index (χ3v) is 7.15. The third-order valence-electron chi connectivity index (χ3n) is 4.86. The van der Waals surface area contributed by atoms with Gasteiger partial charge in [0.15, 0.2) is 20.1 Å². The number of rotatable bonds is 6. The van der Waals surface area contributed by atoms with Crippen molar-refractivity contribution < 1.29 is 22.7 Å². The van der Waals surface area contributed by atoms with Crippen LogP contribution in [0.1, 0.15) is 37.2 Å². The number of amides is 1. The highest BCUT2D eigenvalue weighted by Gasteiger charge is 2.31. The number of nitrogens with zero attached hydrogens (tertiary/aromatic N) is 1. The quantitative estimate of drug-likeness (QED) is 0.706. The van der Waals surface area contributed by atoms with Crippen molar-refractivity contribution in [2.45, 2.75) is 42.6 Å². The fourth-order valence-electron chi connectivity index (χ4n) is 3.53. The second-order valence-corrected chi connectivity index (χ2v) is 10.4. The van der Waals surface area contributed by atoms with Crippen LogP contribution in [0.5, 0.6) is 0 Å². The van der Waals surface area contributed by atoms with Gasteiger partial charge in [0.05, 0.1) is 28.1 Å². The highest BCUT2D eigenvalue weighted by molar-refractivity contribution is 7.90. The van der Waals surface area contributed by atoms with Crippen molar-refractivity contribution in [1.29, 1.82) is 0 Å². The molecule has 2 aromatic rings. The normalized spacial score (nSPS) is 20.9. The van der Waals surface area contributed by atoms with E-state index in [0.29, 0.717) is 24.8 Å². The van der Waals surface area contributed by atoms with Crippen molar-refractivity contribution in [3.63, 3.8) is 0 Å². The van der Waals surface area contributed by atoms with E-state index in [9.17, 15) is 22.7 Å². The molecule has 0 radical (unpaired) electrons. The standard InChI is InChI=1S/C18H20ClFN2O4S2/c1-28(25,26)15-5-3-11(8-14(15)19)13(7-10-2-4-12(23)6-10)17(24)22-18-21-9-16(20)27-18/h3,5,8-10,12-13,23H,2,4,6-7H2,1H3,(H,21,22,24)/t10?,12?,13-/m1/s1. The van der Waals surface area contributed by atoms with E-state index in [-0.39, 0.29) is 33.0 Å². The van der Waals surface area contributed by atoms with Crippen LogP contribution in [-0.4, -0.2) is 36.8 Å². The Labute approximate surface area is 171 Å². The Hall–Kier alpha value is -1.55. The summed E-state index contributed by atoms with van der Waals surface area (Å²) in [6, 6.07) is 4.44. The number of thiazole rings is 1. The molecule has 10 heteroatoms. The Morgan fingerprint density at radius 2 is 2.21 bits per heavy atom. The van der Waals surface area contributed by atoms with E-state index in [1.54, 1.807) is 6.07 Å². The monoisotopic (exact) mass is 446 g/mol. The predicted molar refractivity (Wildman–Crippen MR) is 106 cm³/mol. The zero-order valence-corrected chi connectivity index (χ0v) is 17.5. The van der Waals surface area contributed by atoms with Gasteiger partial charge in [0, 0.05) is 6.26 Å². The number of carbonyl (C=O) groups is 1. The topological polar surface area (TPSA) is 96.4 Å². The molecule has 1 fully saturated rings. The molecule has 6 nitrogen and oxygen atoms in total. The number of aliphatic hydroxyl groups is 1. The van der Waals surface area contributed by atoms with E-state index in [4.69, 9.17) is 11.6 Å². The van der Waals surface area contributed by atoms with Gasteiger partial charge in [-0.25, -0.2) is 13.4 Å². The summed E-state index contributed by atoms with van der Waals surface area (Å²) >= 11 is 6.88. The molecule has 0 spiro atoms. The van der Waals surface area contributed by atoms with E-state index in [1.807, 2.05) is 0 Å². The van der Waals surface area contributed by atoms with Gasteiger partial charge in [0.25, 0.3) is 0 Å². The molecule has 1 heterocycles. The van der Waals surface area contributed by atoms with Crippen LogP contribution in [0.2, 0.25) is 5.02 Å². The summed E-state index contributed by atoms with van der Waals surface area (Å²) in [6.07, 6.45) is 4.26. The van der Waals surface area contributed by atoms with Crippen LogP contribution in [0, 0.1) is 11.0 Å². The van der Waals surface area contributed by atoms with Gasteiger partial charge in [-0.1, -0.05) is 29.0 Å². The number of anilines is 1. The van der Waals surface area contributed by atoms with Crippen LogP contribution in [0.15, 0.2) is 29.3 Å². The largest absolute Gasteiger partial charge is 0.393 e. The molecule has 1 aliphatic rings. The molecular formula is C18H20ClFN2O4S2. The van der Waals surface area contributed by atoms with Crippen LogP contribution in [-0.2, 0) is 14.6 Å². The molecule has 152 valence electrons. The van der Waals surface area contributed by atoms with Gasteiger partial charge >= 0.3 is 0 Å². The molecule has 2 N–H and O–H groups in total. The number of hydrogen-bond acceptors (Lipinski definition) is 6. The van der Waals surface area contributed by atoms with Gasteiger partial charge < -0.3 is 10.4 Å². The molecule has 0 saturated heterocycles. The Kier molecular flexibility index (Phi) is 6.38. The van der Waals surface area contributed by atoms with Crippen molar-refractivity contribution in [3.8, 4) is 0 Å². The lowest BCUT2D eigenvalue weighted by atomic mass is 9.87. The number of aromatic nitrogens is 1. The van der Waals surface area contributed by atoms with Gasteiger partial charge in [-0.2, -0.15) is 4.39 Å². The smallest absolute Gasteiger partial charge is 0.233 e. The first kappa shape index (κ1) is 21.2. The van der Waals surface area contributed by atoms with E-state index in [2.05, 4.69) is 10.3 Å². The number of carbonyl (C=O) groups excluding carboxylic acids is 1. The second-order valence-electron chi connectivity index (χ2n) is 7.04. The maximum absolute atomic E-state index is 13.2. The Balaban J connectivity index is 1.89. The minimum atomic E-state index is -3.49. The van der Waals surface area contributed by atoms with Crippen LogP contribution in [0.25, 0.3) is 0 Å². The number of halogens is 2. The van der Waals surface area contributed by atoms with E-state index in [0.717, 1.165) is 30.2 Å². The molecule has 3 atom stereocenters. The number of nitrogens with one attached hydrogen (secondary N) is 1. The Bertz CT molecular complexity index is 980. The highest BCUT2D eigenvalue weighted by atomic mass is 35.5. The summed E-state index contributed by atoms with van der Waals surface area (Å²) in [4.78, 5) is 16.7. The number of hydrogen-bond donors (Lipinski definition) is 2. The average molecular weight is 447 g/mol. The molecular weight excluding hydrogens is 427 g/mol. The zero-order chi connectivity index (χ0) is 20.5. The summed E-state index contributed by atoms with van der Waals surface area (Å²) in [5, 5.41) is 12.1. The van der Waals surface area contributed by atoms with Crippen LogP contribution < -0.4 is 5.32 Å². The molecule has 28 heavy (non-hydrogen) atoms. The predicted octanol–water partition coefficient (Wildman–Crippen LogP) is 3.61. The third kappa shape index (κ3) is 5.08.